The number of ketones is 1. The van der Waals surface area contributed by atoms with E-state index in [4.69, 9.17) is 4.43 Å². The summed E-state index contributed by atoms with van der Waals surface area (Å²) < 4.78 is 6.53. The summed E-state index contributed by atoms with van der Waals surface area (Å²) in [6.07, 6.45) is 0.571. The van der Waals surface area contributed by atoms with E-state index in [1.165, 1.54) is 0 Å². The number of allylic oxidation sites excluding steroid dienone is 1. The van der Waals surface area contributed by atoms with Gasteiger partial charge in [-0.15, -0.1) is 0 Å². The van der Waals surface area contributed by atoms with Gasteiger partial charge in [-0.2, -0.15) is 0 Å². The number of carbonyl (C=O) groups is 2. The highest BCUT2D eigenvalue weighted by molar-refractivity contribution is 6.76. The zero-order chi connectivity index (χ0) is 19.2. The lowest BCUT2D eigenvalue weighted by Gasteiger charge is -2.44. The molecule has 140 valence electrons. The van der Waals surface area contributed by atoms with Gasteiger partial charge in [0.1, 0.15) is 0 Å². The number of carboxylic acid groups (broad SMARTS) is 1. The van der Waals surface area contributed by atoms with Crippen LogP contribution in [0.15, 0.2) is 23.8 Å². The monoisotopic (exact) mass is 372 g/mol. The average molecular weight is 373 g/mol. The van der Waals surface area contributed by atoms with Crippen molar-refractivity contribution in [3.63, 3.8) is 0 Å². The van der Waals surface area contributed by atoms with Crippen LogP contribution in [0.25, 0.3) is 5.57 Å². The minimum Gasteiger partial charge on any atom is -0.478 e. The molecule has 4 nitrogen and oxygen atoms in total. The second kappa shape index (κ2) is 6.78. The molecule has 0 bridgehead atoms. The normalized spacial score (nSPS) is 22.3. The maximum atomic E-state index is 12.8. The Balaban J connectivity index is 1.99. The van der Waals surface area contributed by atoms with E-state index in [0.717, 1.165) is 22.8 Å². The van der Waals surface area contributed by atoms with Gasteiger partial charge in [0.25, 0.3) is 0 Å². The lowest BCUT2D eigenvalue weighted by atomic mass is 9.96. The van der Waals surface area contributed by atoms with Crippen LogP contribution in [0.4, 0.5) is 0 Å². The molecule has 0 amide bonds. The van der Waals surface area contributed by atoms with Gasteiger partial charge in [-0.1, -0.05) is 39.8 Å². The maximum absolute atomic E-state index is 12.8. The number of Topliss-reactive ketones (excluding diaryl/α,β-unsaturated/α-hetero) is 1. The van der Waals surface area contributed by atoms with Crippen LogP contribution in [0, 0.1) is 12.8 Å². The highest BCUT2D eigenvalue weighted by Gasteiger charge is 2.50. The molecule has 1 aromatic carbocycles. The van der Waals surface area contributed by atoms with Gasteiger partial charge in [0.05, 0.1) is 12.2 Å². The first-order valence-corrected chi connectivity index (χ1v) is 11.7. The van der Waals surface area contributed by atoms with Gasteiger partial charge in [-0.25, -0.2) is 4.79 Å². The average Bonchev–Trinajstić information content (AvgIpc) is 2.88. The van der Waals surface area contributed by atoms with Crippen LogP contribution in [0.3, 0.4) is 0 Å². The number of carbonyl (C=O) groups excluding carboxylic acids is 1. The van der Waals surface area contributed by atoms with Crippen molar-refractivity contribution in [1.82, 2.24) is 0 Å². The topological polar surface area (TPSA) is 63.6 Å². The van der Waals surface area contributed by atoms with E-state index >= 15 is 0 Å². The van der Waals surface area contributed by atoms with E-state index < -0.39 is 14.3 Å². The molecule has 26 heavy (non-hydrogen) atoms. The minimum absolute atomic E-state index is 0.174. The predicted molar refractivity (Wildman–Crippen MR) is 105 cm³/mol. The molecule has 1 atom stereocenters. The number of aromatic carboxylic acids is 1. The largest absolute Gasteiger partial charge is 0.478 e. The second-order valence-corrected chi connectivity index (χ2v) is 13.2. The Labute approximate surface area is 156 Å². The number of aryl methyl sites for hydroxylation is 1. The van der Waals surface area contributed by atoms with Gasteiger partial charge >= 0.3 is 5.97 Å². The number of rotatable bonds is 4. The summed E-state index contributed by atoms with van der Waals surface area (Å²) in [6.45, 7) is 11.4. The van der Waals surface area contributed by atoms with Gasteiger partial charge in [-0.05, 0) is 52.7 Å². The molecule has 1 aromatic rings. The van der Waals surface area contributed by atoms with Gasteiger partial charge in [-0.3, -0.25) is 4.79 Å². The molecule has 1 saturated heterocycles. The summed E-state index contributed by atoms with van der Waals surface area (Å²) in [6, 6.07) is 6.21. The summed E-state index contributed by atoms with van der Waals surface area (Å²) in [5, 5.41) is 9.23. The van der Waals surface area contributed by atoms with Gasteiger partial charge in [0.2, 0.25) is 0 Å². The molecule has 1 heterocycles. The fourth-order valence-electron chi connectivity index (χ4n) is 4.75. The molecule has 3 rings (SSSR count). The van der Waals surface area contributed by atoms with Gasteiger partial charge in [0.15, 0.2) is 14.1 Å². The molecule has 0 radical (unpaired) electrons. The highest BCUT2D eigenvalue weighted by atomic mass is 28.4. The van der Waals surface area contributed by atoms with E-state index in [2.05, 4.69) is 27.7 Å². The van der Waals surface area contributed by atoms with Crippen LogP contribution in [0.2, 0.25) is 17.1 Å². The molecule has 1 unspecified atom stereocenters. The predicted octanol–water partition coefficient (Wildman–Crippen LogP) is 4.83. The summed E-state index contributed by atoms with van der Waals surface area (Å²) in [5.74, 6) is -0.469. The van der Waals surface area contributed by atoms with Crippen LogP contribution >= 0.6 is 0 Å². The Hall–Kier alpha value is -1.72. The fraction of sp³-hybridized carbons (Fsp3) is 0.524. The summed E-state index contributed by atoms with van der Waals surface area (Å²) in [7, 11) is -1.88. The van der Waals surface area contributed by atoms with Crippen LogP contribution in [-0.2, 0) is 9.22 Å². The molecule has 1 fully saturated rings. The maximum Gasteiger partial charge on any atom is 0.335 e. The smallest absolute Gasteiger partial charge is 0.335 e. The first-order valence-electron chi connectivity index (χ1n) is 9.42. The molecule has 0 aromatic heterocycles. The fourth-order valence-corrected chi connectivity index (χ4v) is 9.40. The first kappa shape index (κ1) is 19.0. The quantitative estimate of drug-likeness (QED) is 0.769. The number of hydrogen-bond acceptors (Lipinski definition) is 3. The third kappa shape index (κ3) is 2.97. The lowest BCUT2D eigenvalue weighted by Crippen LogP contribution is -2.49. The van der Waals surface area contributed by atoms with Crippen molar-refractivity contribution in [2.24, 2.45) is 5.92 Å². The Kier molecular flexibility index (Phi) is 4.97. The molecule has 0 spiro atoms. The molecule has 5 heteroatoms. The Morgan fingerprint density at radius 3 is 2.42 bits per heavy atom. The number of benzene rings is 1. The van der Waals surface area contributed by atoms with E-state index in [0.29, 0.717) is 35.6 Å². The molecule has 0 saturated carbocycles. The number of hydrogen-bond donors (Lipinski definition) is 1. The van der Waals surface area contributed by atoms with E-state index in [-0.39, 0.29) is 11.3 Å². The van der Waals surface area contributed by atoms with E-state index in [9.17, 15) is 14.7 Å². The third-order valence-corrected chi connectivity index (χ3v) is 12.0. The van der Waals surface area contributed by atoms with Crippen molar-refractivity contribution in [3.8, 4) is 0 Å². The standard InChI is InChI=1S/C21H28O4Si/c1-12(2)26(13(3)4)11-16-9-19(22)20(18(16)10-25-26)15-6-7-17(21(23)24)14(5)8-15/h6-8,12-13,16H,9-11H2,1-5H3,(H,23,24). The second-order valence-electron chi connectivity index (χ2n) is 8.32. The summed E-state index contributed by atoms with van der Waals surface area (Å²) in [5.41, 5.74) is 4.76. The molecular formula is C21H28O4Si. The van der Waals surface area contributed by atoms with Crippen molar-refractivity contribution in [3.05, 3.63) is 40.5 Å². The summed E-state index contributed by atoms with van der Waals surface area (Å²) >= 11 is 0. The minimum atomic E-state index is -1.88. The van der Waals surface area contributed by atoms with Crippen molar-refractivity contribution in [2.45, 2.75) is 58.2 Å². The number of fused-ring (bicyclic) bond motifs is 1. The SMILES string of the molecule is Cc1cc(C2=C3CO[Si](C(C)C)(C(C)C)CC3CC2=O)ccc1C(=O)O. The lowest BCUT2D eigenvalue weighted by molar-refractivity contribution is -0.113. The molecule has 1 aliphatic heterocycles. The highest BCUT2D eigenvalue weighted by Crippen LogP contribution is 2.50. The number of carboxylic acids is 1. The van der Waals surface area contributed by atoms with Crippen LogP contribution in [0.5, 0.6) is 0 Å². The van der Waals surface area contributed by atoms with Crippen molar-refractivity contribution in [1.29, 1.82) is 0 Å². The van der Waals surface area contributed by atoms with Crippen LogP contribution in [-0.4, -0.2) is 31.8 Å². The van der Waals surface area contributed by atoms with Crippen molar-refractivity contribution >= 4 is 25.6 Å². The van der Waals surface area contributed by atoms with Crippen molar-refractivity contribution in [2.75, 3.05) is 6.61 Å². The van der Waals surface area contributed by atoms with Crippen LogP contribution < -0.4 is 0 Å². The Morgan fingerprint density at radius 2 is 1.88 bits per heavy atom. The zero-order valence-electron chi connectivity index (χ0n) is 16.3. The molecule has 1 N–H and O–H groups in total. The first-order chi connectivity index (χ1) is 12.2. The third-order valence-electron chi connectivity index (χ3n) is 6.29. The summed E-state index contributed by atoms with van der Waals surface area (Å²) in [4.78, 5) is 24.1. The van der Waals surface area contributed by atoms with Gasteiger partial charge < -0.3 is 9.53 Å². The van der Waals surface area contributed by atoms with E-state index in [1.54, 1.807) is 19.1 Å². The van der Waals surface area contributed by atoms with Crippen molar-refractivity contribution < 1.29 is 19.1 Å². The van der Waals surface area contributed by atoms with Gasteiger partial charge in [0, 0.05) is 12.0 Å². The molecule has 2 aliphatic rings. The molecule has 1 aliphatic carbocycles. The zero-order valence-corrected chi connectivity index (χ0v) is 17.3. The molecular weight excluding hydrogens is 344 g/mol. The Morgan fingerprint density at radius 1 is 1.23 bits per heavy atom. The van der Waals surface area contributed by atoms with E-state index in [1.807, 2.05) is 6.07 Å². The van der Waals surface area contributed by atoms with Crippen LogP contribution in [0.1, 0.15) is 55.6 Å². The Bertz CT molecular complexity index is 783.